The average Bonchev–Trinajstić information content (AvgIpc) is 2.86. The largest absolute Gasteiger partial charge is 0.377 e. The van der Waals surface area contributed by atoms with Crippen molar-refractivity contribution in [1.29, 1.82) is 0 Å². The van der Waals surface area contributed by atoms with Crippen LogP contribution in [0.1, 0.15) is 46.7 Å². The molecule has 1 unspecified atom stereocenters. The minimum absolute atomic E-state index is 0.174. The van der Waals surface area contributed by atoms with E-state index in [1.807, 2.05) is 24.3 Å². The van der Waals surface area contributed by atoms with Gasteiger partial charge in [-0.15, -0.1) is 11.3 Å². The fourth-order valence-electron chi connectivity index (χ4n) is 2.82. The lowest BCUT2D eigenvalue weighted by Crippen LogP contribution is -2.06. The van der Waals surface area contributed by atoms with Gasteiger partial charge in [0, 0.05) is 15.4 Å². The topological polar surface area (TPSA) is 12.0 Å². The Balaban J connectivity index is 1.78. The standard InChI is InChI=1S/C17H20FNS/c1-11-9-14(18)7-8-15(11)19-12(2)17-10-13-5-3-4-6-16(13)20-17/h7-10,12,19H,3-6H2,1-2H3. The highest BCUT2D eigenvalue weighted by molar-refractivity contribution is 7.12. The summed E-state index contributed by atoms with van der Waals surface area (Å²) in [5, 5.41) is 3.51. The average molecular weight is 289 g/mol. The molecule has 1 N–H and O–H groups in total. The van der Waals surface area contributed by atoms with Crippen molar-refractivity contribution in [3.05, 3.63) is 51.0 Å². The van der Waals surface area contributed by atoms with Gasteiger partial charge in [0.1, 0.15) is 5.82 Å². The van der Waals surface area contributed by atoms with E-state index >= 15 is 0 Å². The molecule has 3 rings (SSSR count). The molecule has 0 spiro atoms. The summed E-state index contributed by atoms with van der Waals surface area (Å²) in [6.45, 7) is 4.12. The highest BCUT2D eigenvalue weighted by Gasteiger charge is 2.16. The quantitative estimate of drug-likeness (QED) is 0.814. The second-order valence-corrected chi connectivity index (χ2v) is 6.80. The van der Waals surface area contributed by atoms with Crippen molar-refractivity contribution in [2.24, 2.45) is 0 Å². The number of nitrogens with one attached hydrogen (secondary N) is 1. The molecule has 0 fully saturated rings. The van der Waals surface area contributed by atoms with Crippen molar-refractivity contribution in [2.45, 2.75) is 45.6 Å². The fraction of sp³-hybridized carbons (Fsp3) is 0.412. The van der Waals surface area contributed by atoms with Gasteiger partial charge >= 0.3 is 0 Å². The minimum Gasteiger partial charge on any atom is -0.377 e. The third-order valence-electron chi connectivity index (χ3n) is 4.00. The first-order valence-electron chi connectivity index (χ1n) is 7.27. The van der Waals surface area contributed by atoms with Gasteiger partial charge in [0.05, 0.1) is 6.04 Å². The number of hydrogen-bond acceptors (Lipinski definition) is 2. The molecule has 0 saturated heterocycles. The van der Waals surface area contributed by atoms with E-state index in [0.29, 0.717) is 0 Å². The molecular weight excluding hydrogens is 269 g/mol. The van der Waals surface area contributed by atoms with Crippen LogP contribution in [0.4, 0.5) is 10.1 Å². The Kier molecular flexibility index (Phi) is 3.79. The summed E-state index contributed by atoms with van der Waals surface area (Å²) in [7, 11) is 0. The Morgan fingerprint density at radius 1 is 1.20 bits per heavy atom. The summed E-state index contributed by atoms with van der Waals surface area (Å²) in [4.78, 5) is 2.95. The Labute approximate surface area is 123 Å². The number of hydrogen-bond donors (Lipinski definition) is 1. The third-order valence-corrected chi connectivity index (χ3v) is 5.42. The number of aryl methyl sites for hydroxylation is 3. The van der Waals surface area contributed by atoms with Gasteiger partial charge in [-0.1, -0.05) is 0 Å². The van der Waals surface area contributed by atoms with Crippen LogP contribution in [0.5, 0.6) is 0 Å². The Hall–Kier alpha value is -1.35. The SMILES string of the molecule is Cc1cc(F)ccc1NC(C)c1cc2c(s1)CCCC2. The molecule has 106 valence electrons. The molecule has 0 radical (unpaired) electrons. The van der Waals surface area contributed by atoms with Crippen LogP contribution in [0.25, 0.3) is 0 Å². The lowest BCUT2D eigenvalue weighted by molar-refractivity contribution is 0.626. The van der Waals surface area contributed by atoms with E-state index in [1.54, 1.807) is 16.5 Å². The number of thiophene rings is 1. The van der Waals surface area contributed by atoms with Crippen molar-refractivity contribution in [1.82, 2.24) is 0 Å². The van der Waals surface area contributed by atoms with E-state index in [4.69, 9.17) is 0 Å². The van der Waals surface area contributed by atoms with Gasteiger partial charge in [0.15, 0.2) is 0 Å². The van der Waals surface area contributed by atoms with Crippen molar-refractivity contribution >= 4 is 17.0 Å². The van der Waals surface area contributed by atoms with Crippen LogP contribution >= 0.6 is 11.3 Å². The summed E-state index contributed by atoms with van der Waals surface area (Å²) in [6.07, 6.45) is 5.12. The van der Waals surface area contributed by atoms with Crippen LogP contribution < -0.4 is 5.32 Å². The van der Waals surface area contributed by atoms with Crippen molar-refractivity contribution < 1.29 is 4.39 Å². The first-order valence-corrected chi connectivity index (χ1v) is 8.09. The Morgan fingerprint density at radius 2 is 2.00 bits per heavy atom. The predicted octanol–water partition coefficient (Wildman–Crippen LogP) is 5.25. The van der Waals surface area contributed by atoms with Gasteiger partial charge in [0.2, 0.25) is 0 Å². The minimum atomic E-state index is -0.174. The molecule has 0 aliphatic heterocycles. The second kappa shape index (κ2) is 5.57. The van der Waals surface area contributed by atoms with Crippen molar-refractivity contribution in [3.8, 4) is 0 Å². The van der Waals surface area contributed by atoms with Gasteiger partial charge in [-0.2, -0.15) is 0 Å². The monoisotopic (exact) mass is 289 g/mol. The molecule has 3 heteroatoms. The van der Waals surface area contributed by atoms with E-state index in [9.17, 15) is 4.39 Å². The van der Waals surface area contributed by atoms with Crippen LogP contribution in [0.3, 0.4) is 0 Å². The van der Waals surface area contributed by atoms with Crippen LogP contribution in [0.2, 0.25) is 0 Å². The van der Waals surface area contributed by atoms with Gasteiger partial charge < -0.3 is 5.32 Å². The first kappa shape index (κ1) is 13.6. The molecule has 1 heterocycles. The number of anilines is 1. The van der Waals surface area contributed by atoms with Crippen LogP contribution in [-0.4, -0.2) is 0 Å². The van der Waals surface area contributed by atoms with Gasteiger partial charge in [-0.05, 0) is 74.9 Å². The zero-order chi connectivity index (χ0) is 14.1. The van der Waals surface area contributed by atoms with Gasteiger partial charge in [0.25, 0.3) is 0 Å². The van der Waals surface area contributed by atoms with Gasteiger partial charge in [-0.3, -0.25) is 0 Å². The maximum atomic E-state index is 13.1. The molecular formula is C17H20FNS. The molecule has 1 aliphatic carbocycles. The van der Waals surface area contributed by atoms with E-state index < -0.39 is 0 Å². The highest BCUT2D eigenvalue weighted by atomic mass is 32.1. The van der Waals surface area contributed by atoms with Crippen molar-refractivity contribution in [3.63, 3.8) is 0 Å². The lowest BCUT2D eigenvalue weighted by Gasteiger charge is -2.15. The molecule has 1 aromatic carbocycles. The maximum Gasteiger partial charge on any atom is 0.123 e. The lowest BCUT2D eigenvalue weighted by atomic mass is 9.99. The van der Waals surface area contributed by atoms with E-state index in [0.717, 1.165) is 11.3 Å². The molecule has 2 aromatic rings. The summed E-state index contributed by atoms with van der Waals surface area (Å²) in [5.74, 6) is -0.174. The van der Waals surface area contributed by atoms with Crippen LogP contribution in [0, 0.1) is 12.7 Å². The molecule has 1 atom stereocenters. The molecule has 20 heavy (non-hydrogen) atoms. The Morgan fingerprint density at radius 3 is 2.75 bits per heavy atom. The second-order valence-electron chi connectivity index (χ2n) is 5.63. The number of fused-ring (bicyclic) bond motifs is 1. The van der Waals surface area contributed by atoms with E-state index in [-0.39, 0.29) is 11.9 Å². The van der Waals surface area contributed by atoms with Crippen molar-refractivity contribution in [2.75, 3.05) is 5.32 Å². The zero-order valence-electron chi connectivity index (χ0n) is 12.0. The Bertz CT molecular complexity index is 594. The summed E-state index contributed by atoms with van der Waals surface area (Å²) in [6, 6.07) is 7.55. The van der Waals surface area contributed by atoms with Crippen LogP contribution in [-0.2, 0) is 12.8 Å². The number of benzene rings is 1. The zero-order valence-corrected chi connectivity index (χ0v) is 12.8. The smallest absolute Gasteiger partial charge is 0.123 e. The summed E-state index contributed by atoms with van der Waals surface area (Å²) in [5.41, 5.74) is 3.52. The molecule has 1 aromatic heterocycles. The normalized spacial score (nSPS) is 15.8. The first-order chi connectivity index (χ1) is 9.63. The molecule has 1 aliphatic rings. The third kappa shape index (κ3) is 2.73. The number of rotatable bonds is 3. The molecule has 0 bridgehead atoms. The number of halogens is 1. The predicted molar refractivity (Wildman–Crippen MR) is 84.1 cm³/mol. The highest BCUT2D eigenvalue weighted by Crippen LogP contribution is 2.34. The van der Waals surface area contributed by atoms with Crippen LogP contribution in [0.15, 0.2) is 24.3 Å². The fourth-order valence-corrected chi connectivity index (χ4v) is 4.08. The molecule has 0 saturated carbocycles. The maximum absolute atomic E-state index is 13.1. The van der Waals surface area contributed by atoms with E-state index in [1.165, 1.54) is 36.6 Å². The summed E-state index contributed by atoms with van der Waals surface area (Å²) < 4.78 is 13.1. The summed E-state index contributed by atoms with van der Waals surface area (Å²) >= 11 is 1.94. The van der Waals surface area contributed by atoms with E-state index in [2.05, 4.69) is 18.3 Å². The molecule has 1 nitrogen and oxygen atoms in total. The molecule has 0 amide bonds. The van der Waals surface area contributed by atoms with Gasteiger partial charge in [-0.25, -0.2) is 4.39 Å².